The first kappa shape index (κ1) is 12.1. The van der Waals surface area contributed by atoms with Gasteiger partial charge in [-0.05, 0) is 12.1 Å². The summed E-state index contributed by atoms with van der Waals surface area (Å²) in [5.74, 6) is -0.149. The second-order valence-electron chi connectivity index (χ2n) is 3.98. The minimum Gasteiger partial charge on any atom is -0.347 e. The van der Waals surface area contributed by atoms with E-state index in [9.17, 15) is 4.79 Å². The fourth-order valence-electron chi connectivity index (χ4n) is 1.49. The number of rotatable bonds is 4. The van der Waals surface area contributed by atoms with E-state index < -0.39 is 0 Å². The lowest BCUT2D eigenvalue weighted by Gasteiger charge is -1.97. The fourth-order valence-corrected chi connectivity index (χ4v) is 1.49. The third kappa shape index (κ3) is 3.31. The van der Waals surface area contributed by atoms with Gasteiger partial charge in [0.25, 0.3) is 0 Å². The summed E-state index contributed by atoms with van der Waals surface area (Å²) in [7, 11) is 3.67. The van der Waals surface area contributed by atoms with E-state index in [0.717, 1.165) is 11.3 Å². The molecule has 6 nitrogen and oxygen atoms in total. The van der Waals surface area contributed by atoms with Crippen molar-refractivity contribution in [3.63, 3.8) is 0 Å². The van der Waals surface area contributed by atoms with Crippen molar-refractivity contribution in [1.82, 2.24) is 24.9 Å². The SMILES string of the molecule is Cn1cc(/C=C/C(=O)NCc2ccn(C)n2)cn1. The summed E-state index contributed by atoms with van der Waals surface area (Å²) < 4.78 is 3.39. The highest BCUT2D eigenvalue weighted by Crippen LogP contribution is 1.99. The Morgan fingerprint density at radius 2 is 2.28 bits per heavy atom. The number of amides is 1. The molecule has 0 spiro atoms. The van der Waals surface area contributed by atoms with Crippen LogP contribution in [0.2, 0.25) is 0 Å². The van der Waals surface area contributed by atoms with Crippen LogP contribution in [0.25, 0.3) is 6.08 Å². The van der Waals surface area contributed by atoms with E-state index in [0.29, 0.717) is 6.54 Å². The molecular formula is C12H15N5O. The van der Waals surface area contributed by atoms with Crippen molar-refractivity contribution in [2.45, 2.75) is 6.54 Å². The van der Waals surface area contributed by atoms with Gasteiger partial charge in [-0.1, -0.05) is 0 Å². The Balaban J connectivity index is 1.83. The maximum absolute atomic E-state index is 11.5. The topological polar surface area (TPSA) is 64.7 Å². The van der Waals surface area contributed by atoms with Crippen LogP contribution in [0.15, 0.2) is 30.7 Å². The molecule has 2 aromatic heterocycles. The van der Waals surface area contributed by atoms with E-state index in [4.69, 9.17) is 0 Å². The normalized spacial score (nSPS) is 11.0. The molecule has 0 aliphatic rings. The quantitative estimate of drug-likeness (QED) is 0.797. The van der Waals surface area contributed by atoms with E-state index in [-0.39, 0.29) is 5.91 Å². The molecule has 0 radical (unpaired) electrons. The van der Waals surface area contributed by atoms with Crippen molar-refractivity contribution < 1.29 is 4.79 Å². The van der Waals surface area contributed by atoms with E-state index >= 15 is 0 Å². The number of hydrogen-bond donors (Lipinski definition) is 1. The van der Waals surface area contributed by atoms with Crippen LogP contribution < -0.4 is 5.32 Å². The van der Waals surface area contributed by atoms with Crippen molar-refractivity contribution in [3.8, 4) is 0 Å². The van der Waals surface area contributed by atoms with Gasteiger partial charge < -0.3 is 5.32 Å². The molecule has 2 rings (SSSR count). The maximum atomic E-state index is 11.5. The number of nitrogens with zero attached hydrogens (tertiary/aromatic N) is 4. The van der Waals surface area contributed by atoms with Crippen LogP contribution in [0.1, 0.15) is 11.3 Å². The lowest BCUT2D eigenvalue weighted by molar-refractivity contribution is -0.116. The van der Waals surface area contributed by atoms with Gasteiger partial charge in [-0.2, -0.15) is 10.2 Å². The fraction of sp³-hybridized carbons (Fsp3) is 0.250. The highest BCUT2D eigenvalue weighted by molar-refractivity contribution is 5.91. The summed E-state index contributed by atoms with van der Waals surface area (Å²) in [5, 5.41) is 10.9. The van der Waals surface area contributed by atoms with Crippen LogP contribution in [0.3, 0.4) is 0 Å². The number of hydrogen-bond acceptors (Lipinski definition) is 3. The monoisotopic (exact) mass is 245 g/mol. The van der Waals surface area contributed by atoms with Crippen molar-refractivity contribution in [2.24, 2.45) is 14.1 Å². The molecule has 94 valence electrons. The van der Waals surface area contributed by atoms with Crippen molar-refractivity contribution in [1.29, 1.82) is 0 Å². The molecule has 2 heterocycles. The Labute approximate surface area is 105 Å². The molecule has 0 aliphatic heterocycles. The summed E-state index contributed by atoms with van der Waals surface area (Å²) in [4.78, 5) is 11.5. The molecule has 0 aromatic carbocycles. The minimum atomic E-state index is -0.149. The predicted octanol–water partition coefficient (Wildman–Crippen LogP) is 0.483. The van der Waals surface area contributed by atoms with Gasteiger partial charge in [-0.15, -0.1) is 0 Å². The number of carbonyl (C=O) groups excluding carboxylic acids is 1. The highest BCUT2D eigenvalue weighted by Gasteiger charge is 1.99. The van der Waals surface area contributed by atoms with Crippen LogP contribution in [0.5, 0.6) is 0 Å². The molecular weight excluding hydrogens is 230 g/mol. The standard InChI is InChI=1S/C12H15N5O/c1-16-6-5-11(15-16)8-13-12(18)4-3-10-7-14-17(2)9-10/h3-7,9H,8H2,1-2H3,(H,13,18)/b4-3+. The maximum Gasteiger partial charge on any atom is 0.244 e. The first-order valence-corrected chi connectivity index (χ1v) is 5.56. The molecule has 0 unspecified atom stereocenters. The Hall–Kier alpha value is -2.37. The summed E-state index contributed by atoms with van der Waals surface area (Å²) in [6, 6.07) is 1.87. The van der Waals surface area contributed by atoms with Gasteiger partial charge in [0.1, 0.15) is 0 Å². The zero-order valence-corrected chi connectivity index (χ0v) is 10.4. The van der Waals surface area contributed by atoms with Crippen LogP contribution in [-0.4, -0.2) is 25.5 Å². The largest absolute Gasteiger partial charge is 0.347 e. The molecule has 0 saturated carbocycles. The third-order valence-electron chi connectivity index (χ3n) is 2.36. The van der Waals surface area contributed by atoms with Gasteiger partial charge in [0.15, 0.2) is 0 Å². The highest BCUT2D eigenvalue weighted by atomic mass is 16.1. The second kappa shape index (κ2) is 5.31. The first-order chi connectivity index (χ1) is 8.63. The molecule has 1 N–H and O–H groups in total. The van der Waals surface area contributed by atoms with E-state index in [1.54, 1.807) is 21.6 Å². The van der Waals surface area contributed by atoms with Crippen LogP contribution in [0, 0.1) is 0 Å². The zero-order chi connectivity index (χ0) is 13.0. The summed E-state index contributed by atoms with van der Waals surface area (Å²) in [6.45, 7) is 0.428. The summed E-state index contributed by atoms with van der Waals surface area (Å²) >= 11 is 0. The van der Waals surface area contributed by atoms with Crippen molar-refractivity contribution in [3.05, 3.63) is 42.0 Å². The Kier molecular flexibility index (Phi) is 3.57. The average Bonchev–Trinajstić information content (AvgIpc) is 2.93. The lowest BCUT2D eigenvalue weighted by Crippen LogP contribution is -2.20. The molecule has 0 fully saturated rings. The van der Waals surface area contributed by atoms with Crippen LogP contribution >= 0.6 is 0 Å². The number of nitrogens with one attached hydrogen (secondary N) is 1. The molecule has 1 amide bonds. The van der Waals surface area contributed by atoms with Gasteiger partial charge in [-0.25, -0.2) is 0 Å². The van der Waals surface area contributed by atoms with Gasteiger partial charge in [-0.3, -0.25) is 14.2 Å². The number of aromatic nitrogens is 4. The molecule has 0 aliphatic carbocycles. The lowest BCUT2D eigenvalue weighted by atomic mass is 10.3. The van der Waals surface area contributed by atoms with Crippen LogP contribution in [-0.2, 0) is 25.4 Å². The number of carbonyl (C=O) groups is 1. The Bertz CT molecular complexity index is 567. The average molecular weight is 245 g/mol. The third-order valence-corrected chi connectivity index (χ3v) is 2.36. The predicted molar refractivity (Wildman–Crippen MR) is 67.3 cm³/mol. The first-order valence-electron chi connectivity index (χ1n) is 5.56. The number of aryl methyl sites for hydroxylation is 2. The second-order valence-corrected chi connectivity index (χ2v) is 3.98. The molecule has 2 aromatic rings. The van der Waals surface area contributed by atoms with Crippen molar-refractivity contribution >= 4 is 12.0 Å². The van der Waals surface area contributed by atoms with E-state index in [2.05, 4.69) is 15.5 Å². The minimum absolute atomic E-state index is 0.149. The Morgan fingerprint density at radius 3 is 2.89 bits per heavy atom. The van der Waals surface area contributed by atoms with Crippen molar-refractivity contribution in [2.75, 3.05) is 0 Å². The van der Waals surface area contributed by atoms with Gasteiger partial charge in [0.2, 0.25) is 5.91 Å². The Morgan fingerprint density at radius 1 is 1.44 bits per heavy atom. The molecule has 6 heteroatoms. The molecule has 0 bridgehead atoms. The van der Waals surface area contributed by atoms with E-state index in [1.165, 1.54) is 6.08 Å². The van der Waals surface area contributed by atoms with Gasteiger partial charge in [0.05, 0.1) is 18.4 Å². The van der Waals surface area contributed by atoms with Crippen LogP contribution in [0.4, 0.5) is 0 Å². The summed E-state index contributed by atoms with van der Waals surface area (Å²) in [6.07, 6.45) is 8.58. The smallest absolute Gasteiger partial charge is 0.244 e. The molecule has 0 saturated heterocycles. The van der Waals surface area contributed by atoms with E-state index in [1.807, 2.05) is 32.6 Å². The molecule has 0 atom stereocenters. The zero-order valence-electron chi connectivity index (χ0n) is 10.4. The van der Waals surface area contributed by atoms with Gasteiger partial charge >= 0.3 is 0 Å². The molecule has 18 heavy (non-hydrogen) atoms. The van der Waals surface area contributed by atoms with Gasteiger partial charge in [0, 0.05) is 38.1 Å². The summed E-state index contributed by atoms with van der Waals surface area (Å²) in [5.41, 5.74) is 1.73.